The van der Waals surface area contributed by atoms with E-state index in [1.807, 2.05) is 0 Å². The quantitative estimate of drug-likeness (QED) is 0.512. The standard InChI is InChI=1S/C11H13BrN5O5PS/c1-19-7-6-4(2-20-23(18,24)22-6)21-10(7)17-9-5(16-11(17)12)8(13)14-3-15-9/h3-4,6-7,10H,2H2,1H3,(H,18,24)(H2,13,14,15)/t4-,6-,7-,10-,23?/m1/s1. The van der Waals surface area contributed by atoms with Crippen LogP contribution in [0.4, 0.5) is 5.82 Å². The first-order valence-corrected chi connectivity index (χ1v) is 10.3. The molecule has 13 heteroatoms. The maximum absolute atomic E-state index is 9.92. The van der Waals surface area contributed by atoms with Crippen LogP contribution in [0.2, 0.25) is 0 Å². The molecular weight excluding hydrogens is 425 g/mol. The first-order valence-electron chi connectivity index (χ1n) is 6.89. The predicted octanol–water partition coefficient (Wildman–Crippen LogP) is 0.716. The lowest BCUT2D eigenvalue weighted by Gasteiger charge is -2.31. The van der Waals surface area contributed by atoms with Crippen molar-refractivity contribution in [1.82, 2.24) is 19.5 Å². The van der Waals surface area contributed by atoms with Gasteiger partial charge >= 0.3 is 6.72 Å². The van der Waals surface area contributed by atoms with Crippen molar-refractivity contribution in [2.75, 3.05) is 19.5 Å². The van der Waals surface area contributed by atoms with Crippen molar-refractivity contribution in [3.8, 4) is 0 Å². The lowest BCUT2D eigenvalue weighted by Crippen LogP contribution is -2.40. The number of nitrogen functional groups attached to an aromatic ring is 1. The minimum atomic E-state index is -3.29. The third-order valence-corrected chi connectivity index (χ3v) is 6.05. The molecule has 0 saturated carbocycles. The minimum Gasteiger partial charge on any atom is -0.382 e. The molecule has 4 rings (SSSR count). The largest absolute Gasteiger partial charge is 0.382 e. The van der Waals surface area contributed by atoms with Crippen LogP contribution in [0.15, 0.2) is 11.1 Å². The van der Waals surface area contributed by atoms with Gasteiger partial charge in [0, 0.05) is 7.11 Å². The molecule has 2 aromatic heterocycles. The molecule has 0 amide bonds. The van der Waals surface area contributed by atoms with Crippen molar-refractivity contribution in [1.29, 1.82) is 0 Å². The maximum atomic E-state index is 9.92. The third kappa shape index (κ3) is 2.58. The van der Waals surface area contributed by atoms with E-state index >= 15 is 0 Å². The number of hydrogen-bond donors (Lipinski definition) is 2. The van der Waals surface area contributed by atoms with Gasteiger partial charge in [-0.05, 0) is 27.7 Å². The van der Waals surface area contributed by atoms with Crippen LogP contribution in [0.5, 0.6) is 0 Å². The zero-order valence-electron chi connectivity index (χ0n) is 12.3. The van der Waals surface area contributed by atoms with Crippen LogP contribution in [0.3, 0.4) is 0 Å². The molecule has 0 bridgehead atoms. The number of imidazole rings is 1. The number of hydrogen-bond acceptors (Lipinski definition) is 9. The number of methoxy groups -OCH3 is 1. The van der Waals surface area contributed by atoms with Crippen LogP contribution in [0.25, 0.3) is 11.2 Å². The van der Waals surface area contributed by atoms with E-state index in [1.54, 1.807) is 4.57 Å². The highest BCUT2D eigenvalue weighted by Gasteiger charge is 2.52. The molecule has 0 spiro atoms. The van der Waals surface area contributed by atoms with Gasteiger partial charge in [-0.3, -0.25) is 9.09 Å². The zero-order valence-corrected chi connectivity index (χ0v) is 15.6. The molecule has 3 N–H and O–H groups in total. The summed E-state index contributed by atoms with van der Waals surface area (Å²) in [4.78, 5) is 22.4. The number of halogens is 1. The molecule has 10 nitrogen and oxygen atoms in total. The molecule has 2 aromatic rings. The van der Waals surface area contributed by atoms with Crippen molar-refractivity contribution in [2.24, 2.45) is 0 Å². The molecule has 2 aliphatic rings. The second-order valence-corrected chi connectivity index (χ2v) is 8.78. The van der Waals surface area contributed by atoms with Crippen LogP contribution >= 0.6 is 22.6 Å². The average Bonchev–Trinajstić information content (AvgIpc) is 3.03. The number of anilines is 1. The van der Waals surface area contributed by atoms with Gasteiger partial charge in [0.15, 0.2) is 27.9 Å². The summed E-state index contributed by atoms with van der Waals surface area (Å²) in [6.45, 7) is -3.17. The molecule has 2 saturated heterocycles. The number of fused-ring (bicyclic) bond motifs is 2. The van der Waals surface area contributed by atoms with Gasteiger partial charge in [-0.2, -0.15) is 0 Å². The first kappa shape index (κ1) is 16.7. The number of ether oxygens (including phenoxy) is 2. The van der Waals surface area contributed by atoms with E-state index in [1.165, 1.54) is 13.4 Å². The molecular formula is C11H13BrN5O5PS. The van der Waals surface area contributed by atoms with Gasteiger partial charge in [0.25, 0.3) is 0 Å². The predicted molar refractivity (Wildman–Crippen MR) is 89.5 cm³/mol. The fourth-order valence-electron chi connectivity index (χ4n) is 2.91. The normalized spacial score (nSPS) is 36.1. The van der Waals surface area contributed by atoms with Gasteiger partial charge in [-0.15, -0.1) is 0 Å². The van der Waals surface area contributed by atoms with Crippen molar-refractivity contribution in [2.45, 2.75) is 24.5 Å². The highest BCUT2D eigenvalue weighted by atomic mass is 79.9. The van der Waals surface area contributed by atoms with Crippen LogP contribution in [0.1, 0.15) is 6.23 Å². The Morgan fingerprint density at radius 3 is 3.08 bits per heavy atom. The number of nitrogens with two attached hydrogens (primary N) is 1. The SMILES string of the molecule is CO[C@@H]1[C@@H]2OP(O)(=S)OC[C@H]2O[C@H]1n1c(Br)nc2c(N)ncnc21. The van der Waals surface area contributed by atoms with E-state index in [4.69, 9.17) is 36.1 Å². The lowest BCUT2D eigenvalue weighted by molar-refractivity contribution is -0.0618. The van der Waals surface area contributed by atoms with Crippen molar-refractivity contribution < 1.29 is 23.4 Å². The Hall–Kier alpha value is -0.720. The maximum Gasteiger partial charge on any atom is 0.325 e. The highest BCUT2D eigenvalue weighted by molar-refractivity contribution is 9.10. The van der Waals surface area contributed by atoms with Gasteiger partial charge < -0.3 is 24.6 Å². The fraction of sp³-hybridized carbons (Fsp3) is 0.545. The monoisotopic (exact) mass is 437 g/mol. The van der Waals surface area contributed by atoms with Gasteiger partial charge in [0.2, 0.25) is 0 Å². The summed E-state index contributed by atoms with van der Waals surface area (Å²) >= 11 is 8.31. The average molecular weight is 438 g/mol. The summed E-state index contributed by atoms with van der Waals surface area (Å²) in [7, 11) is 1.53. The Morgan fingerprint density at radius 1 is 1.54 bits per heavy atom. The van der Waals surface area contributed by atoms with E-state index < -0.39 is 31.3 Å². The number of nitrogens with zero attached hydrogens (tertiary/aromatic N) is 4. The van der Waals surface area contributed by atoms with E-state index in [-0.39, 0.29) is 12.4 Å². The highest BCUT2D eigenvalue weighted by Crippen LogP contribution is 2.53. The molecule has 0 aliphatic carbocycles. The summed E-state index contributed by atoms with van der Waals surface area (Å²) in [5.74, 6) is 0.259. The zero-order chi connectivity index (χ0) is 17.1. The van der Waals surface area contributed by atoms with Gasteiger partial charge in [-0.1, -0.05) is 0 Å². The van der Waals surface area contributed by atoms with Crippen molar-refractivity contribution in [3.63, 3.8) is 0 Å². The molecule has 0 aromatic carbocycles. The molecule has 1 unspecified atom stereocenters. The Balaban J connectivity index is 1.79. The van der Waals surface area contributed by atoms with E-state index in [2.05, 4.69) is 30.9 Å². The second-order valence-electron chi connectivity index (χ2n) is 5.28. The Bertz CT molecular complexity index is 852. The minimum absolute atomic E-state index is 0.121. The van der Waals surface area contributed by atoms with Gasteiger partial charge in [0.1, 0.15) is 24.6 Å². The molecule has 2 aliphatic heterocycles. The summed E-state index contributed by atoms with van der Waals surface area (Å²) in [6.07, 6.45) is -0.812. The fourth-order valence-corrected chi connectivity index (χ4v) is 4.89. The topological polar surface area (TPSA) is 127 Å². The first-order chi connectivity index (χ1) is 11.4. The Morgan fingerprint density at radius 2 is 2.33 bits per heavy atom. The Kier molecular flexibility index (Phi) is 4.13. The van der Waals surface area contributed by atoms with Gasteiger partial charge in [0.05, 0.1) is 6.61 Å². The molecule has 130 valence electrons. The molecule has 0 radical (unpaired) electrons. The molecule has 2 fully saturated rings. The van der Waals surface area contributed by atoms with E-state index in [9.17, 15) is 4.89 Å². The van der Waals surface area contributed by atoms with Crippen LogP contribution < -0.4 is 5.73 Å². The lowest BCUT2D eigenvalue weighted by atomic mass is 10.1. The summed E-state index contributed by atoms with van der Waals surface area (Å²) < 4.78 is 24.4. The van der Waals surface area contributed by atoms with E-state index in [0.717, 1.165) is 0 Å². The summed E-state index contributed by atoms with van der Waals surface area (Å²) in [6, 6.07) is 0. The van der Waals surface area contributed by atoms with Crippen LogP contribution in [-0.2, 0) is 30.3 Å². The number of rotatable bonds is 2. The van der Waals surface area contributed by atoms with Crippen molar-refractivity contribution >= 4 is 51.4 Å². The smallest absolute Gasteiger partial charge is 0.325 e. The Labute approximate surface area is 149 Å². The number of aromatic nitrogens is 4. The summed E-state index contributed by atoms with van der Waals surface area (Å²) in [5.41, 5.74) is 6.79. The molecule has 5 atom stereocenters. The molecule has 4 heterocycles. The van der Waals surface area contributed by atoms with E-state index in [0.29, 0.717) is 15.9 Å². The third-order valence-electron chi connectivity index (χ3n) is 3.93. The van der Waals surface area contributed by atoms with Crippen molar-refractivity contribution in [3.05, 3.63) is 11.1 Å². The van der Waals surface area contributed by atoms with Crippen LogP contribution in [0, 0.1) is 0 Å². The van der Waals surface area contributed by atoms with Gasteiger partial charge in [-0.25, -0.2) is 15.0 Å². The summed E-state index contributed by atoms with van der Waals surface area (Å²) in [5, 5.41) is 0. The second kappa shape index (κ2) is 5.92. The van der Waals surface area contributed by atoms with Crippen LogP contribution in [-0.4, -0.2) is 56.4 Å². The molecule has 24 heavy (non-hydrogen) atoms.